The number of thiol groups is 1. The van der Waals surface area contributed by atoms with Gasteiger partial charge in [0, 0.05) is 4.91 Å². The van der Waals surface area contributed by atoms with E-state index in [-0.39, 0.29) is 0 Å². The molecule has 0 bridgehead atoms. The van der Waals surface area contributed by atoms with Gasteiger partial charge in [-0.15, -0.1) is 24.2 Å². The van der Waals surface area contributed by atoms with E-state index in [2.05, 4.69) is 12.6 Å². The molecule has 56 valence electrons. The van der Waals surface area contributed by atoms with Crippen LogP contribution in [0.4, 0.5) is 0 Å². The summed E-state index contributed by atoms with van der Waals surface area (Å²) in [4.78, 5) is 0.368. The molecule has 0 aromatic carbocycles. The molecule has 0 spiro atoms. The molecule has 1 aliphatic carbocycles. The van der Waals surface area contributed by atoms with E-state index < -0.39 is 4.87 Å². The van der Waals surface area contributed by atoms with Crippen LogP contribution in [-0.2, 0) is 0 Å². The lowest BCUT2D eigenvalue weighted by Crippen LogP contribution is -2.18. The summed E-state index contributed by atoms with van der Waals surface area (Å²) in [5.74, 6) is 0. The van der Waals surface area contributed by atoms with Crippen LogP contribution >= 0.6 is 35.8 Å². The van der Waals surface area contributed by atoms with Gasteiger partial charge in [-0.05, 0) is 19.4 Å². The SMILES string of the molecule is CC1(Cl)CC=CC(Cl)=C1S. The lowest BCUT2D eigenvalue weighted by Gasteiger charge is -2.24. The lowest BCUT2D eigenvalue weighted by molar-refractivity contribution is 0.769. The molecule has 0 radical (unpaired) electrons. The Balaban J connectivity index is 2.99. The molecule has 1 rings (SSSR count). The molecule has 10 heavy (non-hydrogen) atoms. The molecular formula is C7H8Cl2S. The van der Waals surface area contributed by atoms with Gasteiger partial charge in [-0.1, -0.05) is 17.7 Å². The van der Waals surface area contributed by atoms with Crippen molar-refractivity contribution in [2.75, 3.05) is 0 Å². The zero-order valence-corrected chi connectivity index (χ0v) is 7.97. The summed E-state index contributed by atoms with van der Waals surface area (Å²) in [5, 5.41) is 0.645. The minimum atomic E-state index is -0.394. The minimum absolute atomic E-state index is 0.394. The Morgan fingerprint density at radius 3 is 2.70 bits per heavy atom. The van der Waals surface area contributed by atoms with Crippen molar-refractivity contribution in [1.82, 2.24) is 0 Å². The van der Waals surface area contributed by atoms with Crippen molar-refractivity contribution in [3.05, 3.63) is 22.1 Å². The third kappa shape index (κ3) is 1.52. The highest BCUT2D eigenvalue weighted by atomic mass is 35.5. The number of rotatable bonds is 0. The second kappa shape index (κ2) is 2.80. The first-order valence-corrected chi connectivity index (χ1v) is 4.19. The minimum Gasteiger partial charge on any atom is -0.144 e. The molecule has 0 N–H and O–H groups in total. The van der Waals surface area contributed by atoms with Gasteiger partial charge in [0.1, 0.15) is 0 Å². The van der Waals surface area contributed by atoms with E-state index in [1.807, 2.05) is 19.1 Å². The van der Waals surface area contributed by atoms with Crippen molar-refractivity contribution in [3.8, 4) is 0 Å². The Hall–Kier alpha value is 0.410. The smallest absolute Gasteiger partial charge is 0.0771 e. The average Bonchev–Trinajstić information content (AvgIpc) is 1.83. The Kier molecular flexibility index (Phi) is 2.38. The van der Waals surface area contributed by atoms with Crippen molar-refractivity contribution in [1.29, 1.82) is 0 Å². The molecule has 1 atom stereocenters. The van der Waals surface area contributed by atoms with Crippen LogP contribution in [0.25, 0.3) is 0 Å². The summed E-state index contributed by atoms with van der Waals surface area (Å²) in [6.07, 6.45) is 4.58. The maximum absolute atomic E-state index is 6.05. The van der Waals surface area contributed by atoms with Crippen LogP contribution < -0.4 is 0 Å². The predicted molar refractivity (Wildman–Crippen MR) is 49.9 cm³/mol. The molecule has 0 aliphatic heterocycles. The quantitative estimate of drug-likeness (QED) is 0.444. The Morgan fingerprint density at radius 2 is 2.30 bits per heavy atom. The van der Waals surface area contributed by atoms with Gasteiger partial charge >= 0.3 is 0 Å². The van der Waals surface area contributed by atoms with Gasteiger partial charge in [-0.25, -0.2) is 0 Å². The van der Waals surface area contributed by atoms with Crippen LogP contribution in [0, 0.1) is 0 Å². The summed E-state index contributed by atoms with van der Waals surface area (Å²) in [6.45, 7) is 1.91. The molecule has 0 heterocycles. The molecule has 0 fully saturated rings. The van der Waals surface area contributed by atoms with Crippen molar-refractivity contribution in [3.63, 3.8) is 0 Å². The summed E-state index contributed by atoms with van der Waals surface area (Å²) < 4.78 is 0. The van der Waals surface area contributed by atoms with E-state index in [1.165, 1.54) is 0 Å². The van der Waals surface area contributed by atoms with E-state index in [0.29, 0.717) is 5.03 Å². The summed E-state index contributed by atoms with van der Waals surface area (Å²) >= 11 is 16.0. The Morgan fingerprint density at radius 1 is 1.70 bits per heavy atom. The molecular weight excluding hydrogens is 187 g/mol. The zero-order valence-electron chi connectivity index (χ0n) is 5.56. The molecule has 0 aromatic heterocycles. The Labute approximate surface area is 76.3 Å². The lowest BCUT2D eigenvalue weighted by atomic mass is 10.0. The standard InChI is InChI=1S/C7H8Cl2S/c1-7(9)4-2-3-5(8)6(7)10/h2-3,10H,4H2,1H3. The highest BCUT2D eigenvalue weighted by molar-refractivity contribution is 7.84. The molecule has 0 saturated heterocycles. The van der Waals surface area contributed by atoms with E-state index in [9.17, 15) is 0 Å². The Bertz CT molecular complexity index is 204. The maximum atomic E-state index is 6.05. The van der Waals surface area contributed by atoms with Gasteiger partial charge in [0.25, 0.3) is 0 Å². The second-order valence-corrected chi connectivity index (χ2v) is 4.19. The number of halogens is 2. The zero-order chi connectivity index (χ0) is 7.78. The average molecular weight is 195 g/mol. The highest BCUT2D eigenvalue weighted by Crippen LogP contribution is 2.38. The van der Waals surface area contributed by atoms with Gasteiger partial charge in [-0.2, -0.15) is 0 Å². The van der Waals surface area contributed by atoms with E-state index >= 15 is 0 Å². The topological polar surface area (TPSA) is 0 Å². The van der Waals surface area contributed by atoms with Crippen LogP contribution in [0.15, 0.2) is 22.1 Å². The molecule has 1 aliphatic rings. The first-order chi connectivity index (χ1) is 4.54. The van der Waals surface area contributed by atoms with Gasteiger partial charge in [-0.3, -0.25) is 0 Å². The summed E-state index contributed by atoms with van der Waals surface area (Å²) in [6, 6.07) is 0. The van der Waals surface area contributed by atoms with Gasteiger partial charge < -0.3 is 0 Å². The van der Waals surface area contributed by atoms with Crippen molar-refractivity contribution < 1.29 is 0 Å². The summed E-state index contributed by atoms with van der Waals surface area (Å²) in [7, 11) is 0. The fourth-order valence-electron chi connectivity index (χ4n) is 0.808. The van der Waals surface area contributed by atoms with Gasteiger partial charge in [0.05, 0.1) is 9.91 Å². The van der Waals surface area contributed by atoms with Crippen LogP contribution in [0.1, 0.15) is 13.3 Å². The number of alkyl halides is 1. The monoisotopic (exact) mass is 194 g/mol. The van der Waals surface area contributed by atoms with E-state index in [4.69, 9.17) is 23.2 Å². The number of allylic oxidation sites excluding steroid dienone is 4. The fourth-order valence-corrected chi connectivity index (χ4v) is 1.51. The number of hydrogen-bond acceptors (Lipinski definition) is 1. The largest absolute Gasteiger partial charge is 0.144 e. The second-order valence-electron chi connectivity index (χ2n) is 2.50. The van der Waals surface area contributed by atoms with Crippen LogP contribution in [0.5, 0.6) is 0 Å². The van der Waals surface area contributed by atoms with Gasteiger partial charge in [0.2, 0.25) is 0 Å². The maximum Gasteiger partial charge on any atom is 0.0771 e. The van der Waals surface area contributed by atoms with Crippen LogP contribution in [0.3, 0.4) is 0 Å². The van der Waals surface area contributed by atoms with Crippen molar-refractivity contribution in [2.45, 2.75) is 18.2 Å². The van der Waals surface area contributed by atoms with Crippen LogP contribution in [0.2, 0.25) is 0 Å². The van der Waals surface area contributed by atoms with Crippen molar-refractivity contribution in [2.24, 2.45) is 0 Å². The van der Waals surface area contributed by atoms with E-state index in [1.54, 1.807) is 0 Å². The molecule has 3 heteroatoms. The molecule has 0 nitrogen and oxygen atoms in total. The summed E-state index contributed by atoms with van der Waals surface area (Å²) in [5.41, 5.74) is 0. The number of hydrogen-bond donors (Lipinski definition) is 1. The van der Waals surface area contributed by atoms with E-state index in [0.717, 1.165) is 11.3 Å². The fraction of sp³-hybridized carbons (Fsp3) is 0.429. The first kappa shape index (κ1) is 8.51. The first-order valence-electron chi connectivity index (χ1n) is 2.99. The molecule has 0 amide bonds. The molecule has 0 saturated carbocycles. The highest BCUT2D eigenvalue weighted by Gasteiger charge is 2.26. The molecule has 1 unspecified atom stereocenters. The third-order valence-corrected chi connectivity index (χ3v) is 3.14. The normalized spacial score (nSPS) is 33.2. The predicted octanol–water partition coefficient (Wildman–Crippen LogP) is 3.32. The van der Waals surface area contributed by atoms with Crippen LogP contribution in [-0.4, -0.2) is 4.87 Å². The van der Waals surface area contributed by atoms with Crippen molar-refractivity contribution >= 4 is 35.8 Å². The third-order valence-electron chi connectivity index (χ3n) is 1.49. The molecule has 0 aromatic rings. The van der Waals surface area contributed by atoms with Gasteiger partial charge in [0.15, 0.2) is 0 Å².